The van der Waals surface area contributed by atoms with Crippen LogP contribution < -0.4 is 0 Å². The Hall–Kier alpha value is -1.22. The molecule has 1 aliphatic heterocycles. The maximum absolute atomic E-state index is 14.4. The van der Waals surface area contributed by atoms with Crippen molar-refractivity contribution in [3.05, 3.63) is 20.9 Å². The predicted octanol–water partition coefficient (Wildman–Crippen LogP) is 4.34. The Morgan fingerprint density at radius 3 is 2.48 bits per heavy atom. The van der Waals surface area contributed by atoms with Gasteiger partial charge in [0.15, 0.2) is 6.04 Å². The molecule has 0 aliphatic carbocycles. The predicted molar refractivity (Wildman–Crippen MR) is 78.8 cm³/mol. The van der Waals surface area contributed by atoms with Crippen LogP contribution in [0.2, 0.25) is 0 Å². The second-order valence-electron chi connectivity index (χ2n) is 4.51. The van der Waals surface area contributed by atoms with Crippen LogP contribution in [0.3, 0.4) is 0 Å². The molecule has 23 heavy (non-hydrogen) atoms. The van der Waals surface area contributed by atoms with Crippen molar-refractivity contribution < 1.29 is 18.3 Å². The third-order valence-corrected chi connectivity index (χ3v) is 3.63. The highest BCUT2D eigenvalue weighted by Gasteiger charge is 2.57. The van der Waals surface area contributed by atoms with Gasteiger partial charge in [-0.3, -0.25) is 5.41 Å². The van der Waals surface area contributed by atoms with Crippen molar-refractivity contribution in [1.29, 1.82) is 5.41 Å². The summed E-state index contributed by atoms with van der Waals surface area (Å²) in [6.07, 6.45) is -3.14. The normalized spacial score (nSPS) is 29.8. The van der Waals surface area contributed by atoms with Gasteiger partial charge in [0.25, 0.3) is 9.72 Å². The zero-order valence-electron chi connectivity index (χ0n) is 11.4. The van der Waals surface area contributed by atoms with Crippen LogP contribution in [0.4, 0.5) is 8.78 Å². The van der Waals surface area contributed by atoms with Crippen LogP contribution in [0.5, 0.6) is 0 Å². The van der Waals surface area contributed by atoms with E-state index >= 15 is 0 Å². The van der Waals surface area contributed by atoms with Gasteiger partial charge < -0.3 is 9.47 Å². The Bertz CT molecular complexity index is 560. The molecule has 0 saturated carbocycles. The highest BCUT2D eigenvalue weighted by Crippen LogP contribution is 2.42. The van der Waals surface area contributed by atoms with Crippen molar-refractivity contribution in [3.63, 3.8) is 0 Å². The molecule has 1 aliphatic rings. The number of rotatable bonds is 4. The van der Waals surface area contributed by atoms with Crippen LogP contribution >= 0.6 is 34.8 Å². The molecular weight excluding hydrogens is 383 g/mol. The van der Waals surface area contributed by atoms with Gasteiger partial charge in [0.2, 0.25) is 12.2 Å². The summed E-state index contributed by atoms with van der Waals surface area (Å²) in [5, 5.41) is 13.6. The molecule has 0 unspecified atom stereocenters. The van der Waals surface area contributed by atoms with Gasteiger partial charge in [-0.2, -0.15) is 0 Å². The van der Waals surface area contributed by atoms with Gasteiger partial charge in [0, 0.05) is 15.7 Å². The topological polar surface area (TPSA) is 140 Å². The molecule has 0 spiro atoms. The fraction of sp³-hybridized carbons (Fsp3) is 0.889. The third kappa shape index (κ3) is 4.63. The van der Waals surface area contributed by atoms with E-state index in [1.165, 1.54) is 0 Å². The number of alkyl halides is 5. The Balaban J connectivity index is 3.13. The number of ether oxygens (including phenoxy) is 2. The second-order valence-corrected chi connectivity index (χ2v) is 6.80. The summed E-state index contributed by atoms with van der Waals surface area (Å²) < 4.78 is 36.5. The summed E-state index contributed by atoms with van der Waals surface area (Å²) in [5.41, 5.74) is 16.8. The maximum Gasteiger partial charge on any atom is 0.267 e. The monoisotopic (exact) mass is 391 g/mol. The number of hydrogen-bond acceptors (Lipinski definition) is 5. The molecule has 0 bridgehead atoms. The summed E-state index contributed by atoms with van der Waals surface area (Å²) in [6, 6.07) is -2.10. The van der Waals surface area contributed by atoms with E-state index in [0.717, 1.165) is 6.92 Å². The fourth-order valence-electron chi connectivity index (χ4n) is 1.84. The van der Waals surface area contributed by atoms with E-state index in [1.54, 1.807) is 0 Å². The first kappa shape index (κ1) is 19.8. The van der Waals surface area contributed by atoms with Gasteiger partial charge in [-0.05, 0) is 11.1 Å². The van der Waals surface area contributed by atoms with Gasteiger partial charge in [-0.1, -0.05) is 52.0 Å². The van der Waals surface area contributed by atoms with E-state index in [0.29, 0.717) is 0 Å². The molecule has 4 atom stereocenters. The van der Waals surface area contributed by atoms with Crippen molar-refractivity contribution in [3.8, 4) is 0 Å². The van der Waals surface area contributed by atoms with Crippen LogP contribution in [-0.2, 0) is 9.47 Å². The van der Waals surface area contributed by atoms with Crippen molar-refractivity contribution in [2.45, 2.75) is 35.1 Å². The first-order chi connectivity index (χ1) is 10.6. The van der Waals surface area contributed by atoms with Crippen molar-refractivity contribution in [2.24, 2.45) is 16.1 Å². The largest absolute Gasteiger partial charge is 0.447 e. The first-order valence-electron chi connectivity index (χ1n) is 5.96. The van der Waals surface area contributed by atoms with E-state index in [2.05, 4.69) is 20.1 Å². The number of halogens is 5. The van der Waals surface area contributed by atoms with Crippen LogP contribution in [0.25, 0.3) is 20.9 Å². The fourth-order valence-corrected chi connectivity index (χ4v) is 1.98. The van der Waals surface area contributed by atoms with Crippen molar-refractivity contribution in [1.82, 2.24) is 0 Å². The van der Waals surface area contributed by atoms with E-state index in [4.69, 9.17) is 60.7 Å². The lowest BCUT2D eigenvalue weighted by molar-refractivity contribution is -0.263. The number of nitrogens with one attached hydrogen (secondary N) is 1. The van der Waals surface area contributed by atoms with E-state index in [9.17, 15) is 8.78 Å². The molecule has 1 rings (SSSR count). The average molecular weight is 393 g/mol. The van der Waals surface area contributed by atoms with Crippen molar-refractivity contribution in [2.75, 3.05) is 6.54 Å². The standard InChI is InChI=1S/C9H10Cl3F2N7O2/c1-3-4(2-18-20-16)22-6(23-7(15)9(10,11)12)5(19-21-17)8(3,13)14/h3-6,15H,2H2,1H3/t3-,4-,5+,6-/m1/s1. The molecular formula is C9H10Cl3F2N7O2. The van der Waals surface area contributed by atoms with Crippen LogP contribution in [0, 0.1) is 11.3 Å². The van der Waals surface area contributed by atoms with E-state index in [1.807, 2.05) is 0 Å². The quantitative estimate of drug-likeness (QED) is 0.190. The molecule has 0 aromatic heterocycles. The summed E-state index contributed by atoms with van der Waals surface area (Å²) in [4.78, 5) is 4.79. The molecule has 1 heterocycles. The second kappa shape index (κ2) is 7.57. The van der Waals surface area contributed by atoms with Gasteiger partial charge in [-0.25, -0.2) is 8.78 Å². The Kier molecular flexibility index (Phi) is 6.52. The molecule has 0 radical (unpaired) electrons. The SMILES string of the molecule is C[C@@H]1[C@@H](CN=[N+]=[N-])O[C@H](OC(=N)C(Cl)(Cl)Cl)[C@H](N=[N+]=[N-])C1(F)F. The number of azide groups is 2. The first-order valence-corrected chi connectivity index (χ1v) is 7.09. The molecule has 1 saturated heterocycles. The van der Waals surface area contributed by atoms with Crippen LogP contribution in [-0.4, -0.2) is 40.6 Å². The average Bonchev–Trinajstić information content (AvgIpc) is 2.44. The minimum atomic E-state index is -3.57. The molecule has 1 N–H and O–H groups in total. The van der Waals surface area contributed by atoms with Gasteiger partial charge in [0.1, 0.15) is 0 Å². The highest BCUT2D eigenvalue weighted by molar-refractivity contribution is 6.76. The lowest BCUT2D eigenvalue weighted by Crippen LogP contribution is -2.59. The van der Waals surface area contributed by atoms with Gasteiger partial charge >= 0.3 is 0 Å². The minimum absolute atomic E-state index is 0.419. The van der Waals surface area contributed by atoms with Gasteiger partial charge in [0.05, 0.1) is 12.6 Å². The minimum Gasteiger partial charge on any atom is -0.447 e. The summed E-state index contributed by atoms with van der Waals surface area (Å²) in [6.45, 7) is 0.713. The zero-order chi connectivity index (χ0) is 17.8. The van der Waals surface area contributed by atoms with Crippen LogP contribution in [0.15, 0.2) is 10.2 Å². The Labute approximate surface area is 143 Å². The number of hydrogen-bond donors (Lipinski definition) is 1. The molecule has 0 aromatic carbocycles. The Morgan fingerprint density at radius 2 is 2.00 bits per heavy atom. The lowest BCUT2D eigenvalue weighted by Gasteiger charge is -2.43. The summed E-state index contributed by atoms with van der Waals surface area (Å²) in [7, 11) is 0. The maximum atomic E-state index is 14.4. The molecule has 0 amide bonds. The molecule has 1 fully saturated rings. The Morgan fingerprint density at radius 1 is 1.39 bits per heavy atom. The van der Waals surface area contributed by atoms with E-state index in [-0.39, 0.29) is 0 Å². The lowest BCUT2D eigenvalue weighted by atomic mass is 9.88. The molecule has 14 heteroatoms. The molecule has 9 nitrogen and oxygen atoms in total. The van der Waals surface area contributed by atoms with E-state index < -0.39 is 46.5 Å². The smallest absolute Gasteiger partial charge is 0.267 e. The summed E-state index contributed by atoms with van der Waals surface area (Å²) in [5.74, 6) is -6.01. The zero-order valence-corrected chi connectivity index (χ0v) is 13.7. The van der Waals surface area contributed by atoms with Crippen LogP contribution in [0.1, 0.15) is 6.92 Å². The van der Waals surface area contributed by atoms with Crippen molar-refractivity contribution >= 4 is 40.7 Å². The third-order valence-electron chi connectivity index (χ3n) is 3.12. The summed E-state index contributed by atoms with van der Waals surface area (Å²) >= 11 is 16.2. The number of nitrogens with zero attached hydrogens (tertiary/aromatic N) is 6. The highest BCUT2D eigenvalue weighted by atomic mass is 35.6. The van der Waals surface area contributed by atoms with Gasteiger partial charge in [-0.15, -0.1) is 0 Å². The molecule has 128 valence electrons. The molecule has 0 aromatic rings.